The minimum absolute atomic E-state index is 0. The topological polar surface area (TPSA) is 210 Å². The summed E-state index contributed by atoms with van der Waals surface area (Å²) in [6.07, 6.45) is 0. The van der Waals surface area contributed by atoms with Crippen molar-refractivity contribution >= 4 is 54.4 Å². The van der Waals surface area contributed by atoms with Gasteiger partial charge in [0.1, 0.15) is 11.4 Å². The molecule has 0 unspecified atom stereocenters. The minimum Gasteiger partial charge on any atom is -0.397 e. The maximum Gasteiger partial charge on any atom is 1.00 e. The van der Waals surface area contributed by atoms with Gasteiger partial charge in [-0.1, -0.05) is 0 Å². The van der Waals surface area contributed by atoms with Gasteiger partial charge in [0, 0.05) is 0 Å². The van der Waals surface area contributed by atoms with Gasteiger partial charge >= 0.3 is 29.6 Å². The van der Waals surface area contributed by atoms with Gasteiger partial charge in [0.2, 0.25) is 0 Å². The van der Waals surface area contributed by atoms with E-state index >= 15 is 0 Å². The molecule has 33 heavy (non-hydrogen) atoms. The Kier molecular flexibility index (Phi) is 8.42. The SMILES string of the molecule is Nc1cc(N)c(N=Nc2ccc(S(=O)(=O)O)cc2)cc1N=Nc1ccc(S(=O)(=O)O)cc1.[Na+]. The third-order valence-electron chi connectivity index (χ3n) is 3.99. The van der Waals surface area contributed by atoms with E-state index in [0.29, 0.717) is 11.4 Å². The Balaban J connectivity index is 0.00000385. The van der Waals surface area contributed by atoms with Crippen LogP contribution in [0, 0.1) is 0 Å². The Morgan fingerprint density at radius 1 is 0.576 bits per heavy atom. The molecule has 3 aromatic carbocycles. The van der Waals surface area contributed by atoms with E-state index in [1.165, 1.54) is 60.7 Å². The van der Waals surface area contributed by atoms with E-state index in [-0.39, 0.29) is 62.1 Å². The van der Waals surface area contributed by atoms with E-state index < -0.39 is 20.2 Å². The third kappa shape index (κ3) is 7.13. The Morgan fingerprint density at radius 3 is 1.21 bits per heavy atom. The summed E-state index contributed by atoms with van der Waals surface area (Å²) in [6, 6.07) is 12.9. The second kappa shape index (κ2) is 10.5. The number of hydrogen-bond donors (Lipinski definition) is 4. The van der Waals surface area contributed by atoms with Crippen LogP contribution in [-0.2, 0) is 20.2 Å². The molecule has 0 bridgehead atoms. The summed E-state index contributed by atoms with van der Waals surface area (Å²) in [7, 11) is -8.63. The molecule has 0 amide bonds. The van der Waals surface area contributed by atoms with E-state index in [1.807, 2.05) is 0 Å². The van der Waals surface area contributed by atoms with E-state index in [1.54, 1.807) is 0 Å². The molecular weight excluding hydrogens is 483 g/mol. The zero-order chi connectivity index (χ0) is 23.5. The van der Waals surface area contributed by atoms with Gasteiger partial charge in [-0.3, -0.25) is 9.11 Å². The molecule has 0 heterocycles. The monoisotopic (exact) mass is 499 g/mol. The number of benzene rings is 3. The van der Waals surface area contributed by atoms with E-state index in [2.05, 4.69) is 20.5 Å². The molecule has 0 radical (unpaired) electrons. The molecule has 0 saturated heterocycles. The molecule has 0 saturated carbocycles. The number of rotatable bonds is 6. The van der Waals surface area contributed by atoms with Gasteiger partial charge < -0.3 is 11.5 Å². The first-order valence-electron chi connectivity index (χ1n) is 8.61. The van der Waals surface area contributed by atoms with Crippen LogP contribution in [0.15, 0.2) is 90.9 Å². The summed E-state index contributed by atoms with van der Waals surface area (Å²) in [4.78, 5) is -0.563. The summed E-state index contributed by atoms with van der Waals surface area (Å²) >= 11 is 0. The van der Waals surface area contributed by atoms with Gasteiger partial charge in [0.05, 0.1) is 32.5 Å². The molecule has 0 spiro atoms. The quantitative estimate of drug-likeness (QED) is 0.167. The minimum atomic E-state index is -4.31. The summed E-state index contributed by atoms with van der Waals surface area (Å²) in [6.45, 7) is 0. The smallest absolute Gasteiger partial charge is 0.397 e. The Bertz CT molecular complexity index is 1320. The first-order valence-corrected chi connectivity index (χ1v) is 11.5. The second-order valence-electron chi connectivity index (χ2n) is 6.31. The fraction of sp³-hybridized carbons (Fsp3) is 0. The fourth-order valence-corrected chi connectivity index (χ4v) is 3.34. The van der Waals surface area contributed by atoms with Crippen molar-refractivity contribution in [1.29, 1.82) is 0 Å². The van der Waals surface area contributed by atoms with Gasteiger partial charge in [-0.2, -0.15) is 27.1 Å². The van der Waals surface area contributed by atoms with Crippen molar-refractivity contribution in [2.75, 3.05) is 11.5 Å². The molecule has 0 aliphatic rings. The van der Waals surface area contributed by atoms with Crippen LogP contribution in [-0.4, -0.2) is 25.9 Å². The first kappa shape index (κ1) is 26.5. The van der Waals surface area contributed by atoms with Crippen LogP contribution in [0.5, 0.6) is 0 Å². The first-order chi connectivity index (χ1) is 14.9. The number of azo groups is 2. The van der Waals surface area contributed by atoms with Crippen LogP contribution in [0.3, 0.4) is 0 Å². The molecule has 12 nitrogen and oxygen atoms in total. The molecule has 6 N–H and O–H groups in total. The number of nitrogens with two attached hydrogens (primary N) is 2. The molecule has 0 fully saturated rings. The molecule has 15 heteroatoms. The van der Waals surface area contributed by atoms with Crippen LogP contribution in [0.1, 0.15) is 0 Å². The second-order valence-corrected chi connectivity index (χ2v) is 9.15. The van der Waals surface area contributed by atoms with Crippen LogP contribution >= 0.6 is 0 Å². The molecule has 0 atom stereocenters. The van der Waals surface area contributed by atoms with Crippen molar-refractivity contribution in [2.45, 2.75) is 9.79 Å². The van der Waals surface area contributed by atoms with E-state index in [4.69, 9.17) is 20.6 Å². The van der Waals surface area contributed by atoms with Gasteiger partial charge in [0.15, 0.2) is 0 Å². The van der Waals surface area contributed by atoms with Gasteiger partial charge in [-0.25, -0.2) is 0 Å². The predicted molar refractivity (Wildman–Crippen MR) is 116 cm³/mol. The maximum atomic E-state index is 11.1. The van der Waals surface area contributed by atoms with Crippen molar-refractivity contribution in [2.24, 2.45) is 20.5 Å². The number of hydrogen-bond acceptors (Lipinski definition) is 10. The largest absolute Gasteiger partial charge is 1.00 e. The van der Waals surface area contributed by atoms with Crippen LogP contribution < -0.4 is 41.0 Å². The Morgan fingerprint density at radius 2 is 0.909 bits per heavy atom. The van der Waals surface area contributed by atoms with Crippen molar-refractivity contribution in [3.8, 4) is 0 Å². The van der Waals surface area contributed by atoms with E-state index in [0.717, 1.165) is 0 Å². The standard InChI is InChI=1S/C18H16N6O6S2.Na/c19-15-9-16(20)18(24-22-12-3-7-14(8-4-12)32(28,29)30)10-17(15)23-21-11-1-5-13(6-2-11)31(25,26)27;/h1-10H,19-20H2,(H,25,26,27)(H,28,29,30);/q;+1. The van der Waals surface area contributed by atoms with Gasteiger partial charge in [0.25, 0.3) is 20.2 Å². The van der Waals surface area contributed by atoms with Crippen molar-refractivity contribution in [3.63, 3.8) is 0 Å². The maximum absolute atomic E-state index is 11.1. The van der Waals surface area contributed by atoms with Crippen molar-refractivity contribution < 1.29 is 55.5 Å². The molecule has 0 aliphatic carbocycles. The Labute approximate surface area is 211 Å². The van der Waals surface area contributed by atoms with E-state index in [9.17, 15) is 16.8 Å². The van der Waals surface area contributed by atoms with Crippen LogP contribution in [0.25, 0.3) is 0 Å². The van der Waals surface area contributed by atoms with Gasteiger partial charge in [-0.15, -0.1) is 10.2 Å². The average molecular weight is 499 g/mol. The molecule has 0 aliphatic heterocycles. The predicted octanol–water partition coefficient (Wildman–Crippen LogP) is 1.18. The molecule has 3 rings (SSSR count). The molecule has 0 aromatic heterocycles. The normalized spacial score (nSPS) is 12.2. The summed E-state index contributed by atoms with van der Waals surface area (Å²) in [5.41, 5.74) is 13.3. The Hall–Kier alpha value is -2.72. The summed E-state index contributed by atoms with van der Waals surface area (Å²) < 4.78 is 62.3. The molecule has 3 aromatic rings. The van der Waals surface area contributed by atoms with Crippen molar-refractivity contribution in [3.05, 3.63) is 60.7 Å². The fourth-order valence-electron chi connectivity index (χ4n) is 2.38. The molecule has 166 valence electrons. The number of nitrogens with zero attached hydrogens (tertiary/aromatic N) is 4. The van der Waals surface area contributed by atoms with Crippen LogP contribution in [0.4, 0.5) is 34.1 Å². The third-order valence-corrected chi connectivity index (χ3v) is 5.73. The van der Waals surface area contributed by atoms with Crippen molar-refractivity contribution in [1.82, 2.24) is 0 Å². The average Bonchev–Trinajstić information content (AvgIpc) is 2.72. The number of nitrogen functional groups attached to an aromatic ring is 2. The summed E-state index contributed by atoms with van der Waals surface area (Å²) in [5, 5.41) is 15.9. The molecular formula is C18H16N6NaO6S2+. The van der Waals surface area contributed by atoms with Gasteiger partial charge in [-0.05, 0) is 60.7 Å². The number of anilines is 2. The zero-order valence-electron chi connectivity index (χ0n) is 17.1. The zero-order valence-corrected chi connectivity index (χ0v) is 20.7. The van der Waals surface area contributed by atoms with Crippen LogP contribution in [0.2, 0.25) is 0 Å². The summed E-state index contributed by atoms with van der Waals surface area (Å²) in [5.74, 6) is 0.